The number of ether oxygens (including phenoxy) is 4. The Kier molecular flexibility index (Phi) is 68.9. The Morgan fingerprint density at radius 3 is 0.857 bits per heavy atom. The van der Waals surface area contributed by atoms with Gasteiger partial charge in [0.2, 0.25) is 0 Å². The Bertz CT molecular complexity index is 2190. The summed E-state index contributed by atoms with van der Waals surface area (Å²) in [4.78, 5) is 72.8. The van der Waals surface area contributed by atoms with Gasteiger partial charge in [0.15, 0.2) is 12.2 Å². The third kappa shape index (κ3) is 70.7. The summed E-state index contributed by atoms with van der Waals surface area (Å²) >= 11 is 0. The number of phosphoric ester groups is 2. The smallest absolute Gasteiger partial charge is 0.462 e. The zero-order valence-electron chi connectivity index (χ0n) is 62.0. The zero-order chi connectivity index (χ0) is 71.8. The van der Waals surface area contributed by atoms with Crippen molar-refractivity contribution in [3.8, 4) is 0 Å². The fraction of sp³-hybridized carbons (Fsp3) is 0.772. The van der Waals surface area contributed by atoms with Crippen LogP contribution in [-0.2, 0) is 65.4 Å². The van der Waals surface area contributed by atoms with Crippen LogP contribution in [0.5, 0.6) is 0 Å². The molecule has 0 fully saturated rings. The largest absolute Gasteiger partial charge is 0.472 e. The van der Waals surface area contributed by atoms with Crippen LogP contribution in [0.1, 0.15) is 336 Å². The maximum Gasteiger partial charge on any atom is 0.472 e. The predicted molar refractivity (Wildman–Crippen MR) is 399 cm³/mol. The van der Waals surface area contributed by atoms with Gasteiger partial charge in [-0.25, -0.2) is 9.13 Å². The van der Waals surface area contributed by atoms with Crippen molar-refractivity contribution in [2.45, 2.75) is 354 Å². The molecule has 5 atom stereocenters. The van der Waals surface area contributed by atoms with E-state index in [0.717, 1.165) is 173 Å². The molecule has 0 spiro atoms. The maximum atomic E-state index is 13.1. The lowest BCUT2D eigenvalue weighted by Crippen LogP contribution is -2.30. The summed E-state index contributed by atoms with van der Waals surface area (Å²) in [6, 6.07) is 0. The van der Waals surface area contributed by atoms with Crippen molar-refractivity contribution in [3.63, 3.8) is 0 Å². The average Bonchev–Trinajstić information content (AvgIpc) is 0.983. The number of allylic oxidation sites excluding steroid dienone is 14. The lowest BCUT2D eigenvalue weighted by Gasteiger charge is -2.21. The molecule has 0 radical (unpaired) electrons. The van der Waals surface area contributed by atoms with Crippen molar-refractivity contribution in [3.05, 3.63) is 85.1 Å². The first-order valence-electron chi connectivity index (χ1n) is 38.8. The molecule has 0 heterocycles. The molecule has 0 amide bonds. The van der Waals surface area contributed by atoms with Crippen molar-refractivity contribution in [2.75, 3.05) is 39.6 Å². The highest BCUT2D eigenvalue weighted by molar-refractivity contribution is 7.47. The number of carbonyl (C=O) groups excluding carboxylic acids is 4. The first-order chi connectivity index (χ1) is 47.7. The summed E-state index contributed by atoms with van der Waals surface area (Å²) < 4.78 is 68.4. The molecule has 5 unspecified atom stereocenters. The second-order valence-electron chi connectivity index (χ2n) is 25.9. The second-order valence-corrected chi connectivity index (χ2v) is 28.8. The van der Waals surface area contributed by atoms with Gasteiger partial charge in [0, 0.05) is 25.7 Å². The molecule has 3 N–H and O–H groups in total. The van der Waals surface area contributed by atoms with Crippen molar-refractivity contribution in [2.24, 2.45) is 0 Å². The number of rotatable bonds is 73. The number of aliphatic hydroxyl groups excluding tert-OH is 1. The van der Waals surface area contributed by atoms with Gasteiger partial charge in [-0.3, -0.25) is 37.3 Å². The van der Waals surface area contributed by atoms with Crippen molar-refractivity contribution < 1.29 is 80.2 Å². The standard InChI is InChI=1S/C79H140O17P2/c1-5-9-13-17-21-25-29-32-34-35-36-37-39-42-45-48-52-56-60-64-77(82)89-69-74(95-78(83)65-61-57-53-49-43-28-24-20-16-12-8-4)71-93-97(85,86)91-67-73(80)68-92-98(87,88)94-72-75(96-79(84)66-62-58-54-50-46-40-31-27-23-19-15-11-7-3)70-90-76(81)63-59-55-51-47-44-41-38-33-30-26-22-18-14-10-6-2/h10,14,21-22,25-27,31-34,36-38,73-75,80H,5-9,11-13,15-20,23-24,28-30,35,39-72H2,1-4H3,(H,85,86)(H,87,88)/b14-10-,25-21-,26-22-,31-27-,34-32-,37-36-,38-33-. The summed E-state index contributed by atoms with van der Waals surface area (Å²) in [5.74, 6) is -2.20. The van der Waals surface area contributed by atoms with Gasteiger partial charge in [-0.15, -0.1) is 0 Å². The molecule has 0 rings (SSSR count). The molecular weight excluding hydrogens is 1280 g/mol. The second kappa shape index (κ2) is 71.6. The van der Waals surface area contributed by atoms with Gasteiger partial charge in [0.05, 0.1) is 26.4 Å². The van der Waals surface area contributed by atoms with Crippen LogP contribution in [0.15, 0.2) is 85.1 Å². The van der Waals surface area contributed by atoms with Gasteiger partial charge in [-0.2, -0.15) is 0 Å². The van der Waals surface area contributed by atoms with Gasteiger partial charge in [0.25, 0.3) is 0 Å². The summed E-state index contributed by atoms with van der Waals surface area (Å²) in [6.45, 7) is 4.70. The topological polar surface area (TPSA) is 237 Å². The highest BCUT2D eigenvalue weighted by Crippen LogP contribution is 2.45. The van der Waals surface area contributed by atoms with Gasteiger partial charge >= 0.3 is 39.5 Å². The lowest BCUT2D eigenvalue weighted by atomic mass is 10.1. The van der Waals surface area contributed by atoms with Crippen molar-refractivity contribution in [1.82, 2.24) is 0 Å². The van der Waals surface area contributed by atoms with Crippen molar-refractivity contribution >= 4 is 39.5 Å². The Hall–Kier alpha value is -3.76. The van der Waals surface area contributed by atoms with E-state index >= 15 is 0 Å². The summed E-state index contributed by atoms with van der Waals surface area (Å²) in [7, 11) is -9.95. The van der Waals surface area contributed by atoms with Gasteiger partial charge < -0.3 is 33.8 Å². The fourth-order valence-electron chi connectivity index (χ4n) is 10.4. The number of phosphoric acid groups is 2. The summed E-state index contributed by atoms with van der Waals surface area (Å²) in [5, 5.41) is 10.6. The third-order valence-corrected chi connectivity index (χ3v) is 18.2. The Labute approximate surface area is 595 Å². The van der Waals surface area contributed by atoms with Crippen LogP contribution >= 0.6 is 15.6 Å². The Balaban J connectivity index is 5.30. The number of hydrogen-bond acceptors (Lipinski definition) is 15. The van der Waals surface area contributed by atoms with Crippen LogP contribution in [0.25, 0.3) is 0 Å². The van der Waals surface area contributed by atoms with E-state index < -0.39 is 97.5 Å². The van der Waals surface area contributed by atoms with Gasteiger partial charge in [0.1, 0.15) is 19.3 Å². The highest BCUT2D eigenvalue weighted by Gasteiger charge is 2.30. The van der Waals surface area contributed by atoms with Crippen LogP contribution in [0.3, 0.4) is 0 Å². The zero-order valence-corrected chi connectivity index (χ0v) is 63.7. The van der Waals surface area contributed by atoms with E-state index in [1.807, 2.05) is 0 Å². The third-order valence-electron chi connectivity index (χ3n) is 16.3. The Morgan fingerprint density at radius 2 is 0.531 bits per heavy atom. The van der Waals surface area contributed by atoms with E-state index in [1.54, 1.807) is 0 Å². The number of carbonyl (C=O) groups is 4. The number of unbranched alkanes of at least 4 members (excludes halogenated alkanes) is 33. The molecule has 0 aromatic carbocycles. The lowest BCUT2D eigenvalue weighted by molar-refractivity contribution is -0.161. The fourth-order valence-corrected chi connectivity index (χ4v) is 12.0. The molecule has 0 aromatic rings. The predicted octanol–water partition coefficient (Wildman–Crippen LogP) is 22.2. The molecule has 0 saturated heterocycles. The molecule has 0 aliphatic carbocycles. The van der Waals surface area contributed by atoms with Crippen LogP contribution in [-0.4, -0.2) is 96.7 Å². The molecule has 0 aliphatic heterocycles. The molecule has 17 nitrogen and oxygen atoms in total. The maximum absolute atomic E-state index is 13.1. The van der Waals surface area contributed by atoms with E-state index in [4.69, 9.17) is 37.0 Å². The normalized spacial score (nSPS) is 14.4. The van der Waals surface area contributed by atoms with Gasteiger partial charge in [-0.05, 0) is 122 Å². The van der Waals surface area contributed by atoms with Crippen molar-refractivity contribution in [1.29, 1.82) is 0 Å². The van der Waals surface area contributed by atoms with Gasteiger partial charge in [-0.1, -0.05) is 273 Å². The molecule has 0 saturated carbocycles. The molecule has 0 aromatic heterocycles. The minimum Gasteiger partial charge on any atom is -0.462 e. The van der Waals surface area contributed by atoms with E-state index in [-0.39, 0.29) is 25.7 Å². The van der Waals surface area contributed by atoms with E-state index in [1.165, 1.54) is 83.5 Å². The minimum absolute atomic E-state index is 0.0824. The van der Waals surface area contributed by atoms with Crippen LogP contribution in [0, 0.1) is 0 Å². The Morgan fingerprint density at radius 1 is 0.296 bits per heavy atom. The summed E-state index contributed by atoms with van der Waals surface area (Å²) in [6.07, 6.45) is 72.8. The van der Waals surface area contributed by atoms with E-state index in [0.29, 0.717) is 25.7 Å². The van der Waals surface area contributed by atoms with E-state index in [2.05, 4.69) is 113 Å². The van der Waals surface area contributed by atoms with E-state index in [9.17, 15) is 43.2 Å². The number of aliphatic hydroxyl groups is 1. The molecule has 0 bridgehead atoms. The monoisotopic (exact) mass is 1420 g/mol. The van der Waals surface area contributed by atoms with Crippen LogP contribution in [0.2, 0.25) is 0 Å². The molecule has 0 aliphatic rings. The SMILES string of the molecule is CC/C=C\C/C=C\C/C=C\CCCCCCCC(=O)OCC(COP(=O)(O)OCC(O)COP(=O)(O)OCC(COC(=O)CCCCCCCC/C=C\C/C=C\C/C=C\CCCCC)OC(=O)CCCCCCCCCCCCC)OC(=O)CCCCCCC/C=C\CCCCCC. The average molecular weight is 1420 g/mol. The summed E-state index contributed by atoms with van der Waals surface area (Å²) in [5.41, 5.74) is 0. The first-order valence-corrected chi connectivity index (χ1v) is 41.8. The number of esters is 4. The molecule has 98 heavy (non-hydrogen) atoms. The van der Waals surface area contributed by atoms with Crippen LogP contribution < -0.4 is 0 Å². The van der Waals surface area contributed by atoms with Crippen LogP contribution in [0.4, 0.5) is 0 Å². The number of hydrogen-bond donors (Lipinski definition) is 3. The minimum atomic E-state index is -4.97. The quantitative estimate of drug-likeness (QED) is 0.0169. The first kappa shape index (κ1) is 94.2. The molecule has 568 valence electrons. The highest BCUT2D eigenvalue weighted by atomic mass is 31.2. The molecule has 19 heteroatoms. The molecular formula is C79H140O17P2.